The molecule has 0 radical (unpaired) electrons. The number of rotatable bonds is 7. The summed E-state index contributed by atoms with van der Waals surface area (Å²) >= 11 is 0. The van der Waals surface area contributed by atoms with Crippen LogP contribution in [0.15, 0.2) is 60.9 Å². The van der Waals surface area contributed by atoms with E-state index in [1.54, 1.807) is 36.1 Å². The zero-order valence-electron chi connectivity index (χ0n) is 19.7. The first-order chi connectivity index (χ1) is 16.8. The maximum Gasteiger partial charge on any atom is 0.269 e. The van der Waals surface area contributed by atoms with Crippen molar-refractivity contribution < 1.29 is 14.0 Å². The lowest BCUT2D eigenvalue weighted by Crippen LogP contribution is -2.20. The van der Waals surface area contributed by atoms with E-state index in [9.17, 15) is 14.0 Å². The highest BCUT2D eigenvalue weighted by atomic mass is 19.1. The van der Waals surface area contributed by atoms with Crippen LogP contribution in [0.3, 0.4) is 0 Å². The lowest BCUT2D eigenvalue weighted by Gasteiger charge is -2.11. The van der Waals surface area contributed by atoms with Crippen molar-refractivity contribution in [2.75, 3.05) is 7.05 Å². The fourth-order valence-electron chi connectivity index (χ4n) is 3.72. The molecule has 8 nitrogen and oxygen atoms in total. The fourth-order valence-corrected chi connectivity index (χ4v) is 3.72. The van der Waals surface area contributed by atoms with Crippen molar-refractivity contribution in [3.8, 4) is 22.5 Å². The second-order valence-electron chi connectivity index (χ2n) is 8.12. The molecule has 3 aromatic heterocycles. The zero-order valence-corrected chi connectivity index (χ0v) is 19.7. The monoisotopic (exact) mass is 472 g/mol. The molecule has 9 heteroatoms. The van der Waals surface area contributed by atoms with E-state index in [4.69, 9.17) is 5.10 Å². The fraction of sp³-hybridized carbons (Fsp3) is 0.192. The van der Waals surface area contributed by atoms with Gasteiger partial charge in [0.25, 0.3) is 5.91 Å². The van der Waals surface area contributed by atoms with Gasteiger partial charge < -0.3 is 10.6 Å². The Bertz CT molecular complexity index is 1380. The van der Waals surface area contributed by atoms with Gasteiger partial charge in [-0.1, -0.05) is 0 Å². The quantitative estimate of drug-likeness (QED) is 0.429. The average molecular weight is 473 g/mol. The van der Waals surface area contributed by atoms with Crippen LogP contribution in [0, 0.1) is 12.7 Å². The molecule has 0 fully saturated rings. The van der Waals surface area contributed by atoms with Crippen molar-refractivity contribution in [2.24, 2.45) is 0 Å². The van der Waals surface area contributed by atoms with E-state index < -0.39 is 0 Å². The number of carbonyl (C=O) groups excluding carboxylic acids is 2. The van der Waals surface area contributed by atoms with Crippen LogP contribution < -0.4 is 10.6 Å². The predicted octanol–water partition coefficient (Wildman–Crippen LogP) is 3.50. The molecule has 0 aliphatic carbocycles. The molecule has 4 rings (SSSR count). The van der Waals surface area contributed by atoms with Gasteiger partial charge >= 0.3 is 0 Å². The molecule has 0 aliphatic heterocycles. The summed E-state index contributed by atoms with van der Waals surface area (Å²) in [6, 6.07) is 13.5. The van der Waals surface area contributed by atoms with Gasteiger partial charge in [0, 0.05) is 49.7 Å². The molecular formula is C26H25FN6O2. The number of hydrogen-bond acceptors (Lipinski definition) is 5. The summed E-state index contributed by atoms with van der Waals surface area (Å²) in [4.78, 5) is 32.3. The van der Waals surface area contributed by atoms with Crippen LogP contribution in [0.5, 0.6) is 0 Å². The highest BCUT2D eigenvalue weighted by Gasteiger charge is 2.14. The maximum atomic E-state index is 13.4. The Morgan fingerprint density at radius 1 is 1.06 bits per heavy atom. The Hall–Kier alpha value is -4.40. The van der Waals surface area contributed by atoms with Crippen molar-refractivity contribution >= 4 is 11.8 Å². The molecular weight excluding hydrogens is 447 g/mol. The third kappa shape index (κ3) is 5.75. The average Bonchev–Trinajstić information content (AvgIpc) is 3.30. The summed E-state index contributed by atoms with van der Waals surface area (Å²) in [5.41, 5.74) is 5.74. The van der Waals surface area contributed by atoms with E-state index in [-0.39, 0.29) is 17.6 Å². The molecule has 178 valence electrons. The smallest absolute Gasteiger partial charge is 0.269 e. The summed E-state index contributed by atoms with van der Waals surface area (Å²) in [7, 11) is 1.57. The molecule has 0 unspecified atom stereocenters. The van der Waals surface area contributed by atoms with Crippen molar-refractivity contribution in [3.05, 3.63) is 89.3 Å². The molecule has 0 bridgehead atoms. The van der Waals surface area contributed by atoms with E-state index in [1.165, 1.54) is 19.1 Å². The number of benzene rings is 1. The van der Waals surface area contributed by atoms with Crippen LogP contribution in [0.2, 0.25) is 0 Å². The van der Waals surface area contributed by atoms with Gasteiger partial charge in [0.1, 0.15) is 11.5 Å². The molecule has 2 amide bonds. The number of pyridine rings is 2. The molecule has 3 heterocycles. The SMILES string of the molecule is CNC(=O)c1cc(Cn2ccc(-c3cc(-c4ccc(F)cc4)ncc3CNC(C)=O)n2)cc(C)n1. The van der Waals surface area contributed by atoms with E-state index in [0.29, 0.717) is 30.2 Å². The van der Waals surface area contributed by atoms with Crippen LogP contribution in [-0.4, -0.2) is 38.6 Å². The summed E-state index contributed by atoms with van der Waals surface area (Å²) in [5.74, 6) is -0.714. The minimum atomic E-state index is -0.319. The number of halogens is 1. The van der Waals surface area contributed by atoms with Crippen molar-refractivity contribution in [1.82, 2.24) is 30.4 Å². The Kier molecular flexibility index (Phi) is 6.96. The van der Waals surface area contributed by atoms with Gasteiger partial charge in [-0.15, -0.1) is 0 Å². The predicted molar refractivity (Wildman–Crippen MR) is 130 cm³/mol. The van der Waals surface area contributed by atoms with Gasteiger partial charge in [-0.25, -0.2) is 9.37 Å². The Labute approximate surface area is 202 Å². The van der Waals surface area contributed by atoms with E-state index in [1.807, 2.05) is 31.3 Å². The topological polar surface area (TPSA) is 102 Å². The largest absolute Gasteiger partial charge is 0.354 e. The minimum absolute atomic E-state index is 0.149. The normalized spacial score (nSPS) is 10.7. The number of amides is 2. The molecule has 2 N–H and O–H groups in total. The van der Waals surface area contributed by atoms with Gasteiger partial charge in [0.15, 0.2) is 0 Å². The van der Waals surface area contributed by atoms with Crippen LogP contribution in [0.25, 0.3) is 22.5 Å². The number of carbonyl (C=O) groups is 2. The van der Waals surface area contributed by atoms with E-state index in [0.717, 1.165) is 27.9 Å². The van der Waals surface area contributed by atoms with Crippen LogP contribution in [0.1, 0.15) is 34.2 Å². The highest BCUT2D eigenvalue weighted by Crippen LogP contribution is 2.27. The Balaban J connectivity index is 1.67. The molecule has 0 spiro atoms. The summed E-state index contributed by atoms with van der Waals surface area (Å²) in [5, 5.41) is 10.1. The van der Waals surface area contributed by atoms with Gasteiger partial charge in [-0.3, -0.25) is 19.3 Å². The third-order valence-electron chi connectivity index (χ3n) is 5.39. The number of aryl methyl sites for hydroxylation is 1. The standard InChI is InChI=1S/C26H25FN6O2/c1-16-10-18(11-25(31-16)26(35)28-3)15-33-9-8-23(32-33)22-12-24(19-4-6-21(27)7-5-19)30-14-20(22)13-29-17(2)34/h4-12,14H,13,15H2,1-3H3,(H,28,35)(H,29,34). The van der Waals surface area contributed by atoms with Crippen molar-refractivity contribution in [1.29, 1.82) is 0 Å². The molecule has 4 aromatic rings. The second kappa shape index (κ2) is 10.3. The number of hydrogen-bond donors (Lipinski definition) is 2. The summed E-state index contributed by atoms with van der Waals surface area (Å²) < 4.78 is 15.2. The van der Waals surface area contributed by atoms with E-state index >= 15 is 0 Å². The van der Waals surface area contributed by atoms with E-state index in [2.05, 4.69) is 20.6 Å². The third-order valence-corrected chi connectivity index (χ3v) is 5.39. The summed E-state index contributed by atoms with van der Waals surface area (Å²) in [6.07, 6.45) is 3.55. The lowest BCUT2D eigenvalue weighted by molar-refractivity contribution is -0.119. The van der Waals surface area contributed by atoms with Crippen LogP contribution >= 0.6 is 0 Å². The van der Waals surface area contributed by atoms with Gasteiger partial charge in [-0.2, -0.15) is 5.10 Å². The van der Waals surface area contributed by atoms with Crippen molar-refractivity contribution in [3.63, 3.8) is 0 Å². The summed E-state index contributed by atoms with van der Waals surface area (Å²) in [6.45, 7) is 4.04. The van der Waals surface area contributed by atoms with Gasteiger partial charge in [0.2, 0.25) is 5.91 Å². The maximum absolute atomic E-state index is 13.4. The first kappa shape index (κ1) is 23.7. The van der Waals surface area contributed by atoms with Crippen molar-refractivity contribution in [2.45, 2.75) is 26.9 Å². The second-order valence-corrected chi connectivity index (χ2v) is 8.12. The van der Waals surface area contributed by atoms with Gasteiger partial charge in [0.05, 0.1) is 17.9 Å². The van der Waals surface area contributed by atoms with Crippen LogP contribution in [-0.2, 0) is 17.9 Å². The molecule has 0 aliphatic rings. The molecule has 1 aromatic carbocycles. The number of aromatic nitrogens is 4. The molecule has 35 heavy (non-hydrogen) atoms. The Morgan fingerprint density at radius 2 is 1.83 bits per heavy atom. The van der Waals surface area contributed by atoms with Crippen LogP contribution in [0.4, 0.5) is 4.39 Å². The lowest BCUT2D eigenvalue weighted by atomic mass is 10.0. The Morgan fingerprint density at radius 3 is 2.54 bits per heavy atom. The minimum Gasteiger partial charge on any atom is -0.354 e. The first-order valence-corrected chi connectivity index (χ1v) is 11.0. The number of nitrogens with zero attached hydrogens (tertiary/aromatic N) is 4. The molecule has 0 saturated carbocycles. The highest BCUT2D eigenvalue weighted by molar-refractivity contribution is 5.92. The zero-order chi connectivity index (χ0) is 24.9. The first-order valence-electron chi connectivity index (χ1n) is 11.0. The molecule has 0 atom stereocenters. The van der Waals surface area contributed by atoms with Gasteiger partial charge in [-0.05, 0) is 66.6 Å². The number of nitrogens with one attached hydrogen (secondary N) is 2. The molecule has 0 saturated heterocycles.